The second-order valence-electron chi connectivity index (χ2n) is 3.94. The summed E-state index contributed by atoms with van der Waals surface area (Å²) in [5, 5.41) is 10.4. The van der Waals surface area contributed by atoms with Crippen molar-refractivity contribution in [3.63, 3.8) is 0 Å². The highest BCUT2D eigenvalue weighted by Crippen LogP contribution is 2.40. The van der Waals surface area contributed by atoms with Crippen molar-refractivity contribution in [1.29, 1.82) is 0 Å². The third-order valence-corrected chi connectivity index (χ3v) is 2.77. The maximum Gasteiger partial charge on any atom is 0.302 e. The summed E-state index contributed by atoms with van der Waals surface area (Å²) >= 11 is 0. The van der Waals surface area contributed by atoms with Crippen LogP contribution in [0.1, 0.15) is 12.8 Å². The molecule has 0 aromatic carbocycles. The number of aliphatic imine (C=N–C) groups is 1. The van der Waals surface area contributed by atoms with Crippen molar-refractivity contribution in [2.75, 3.05) is 20.6 Å². The van der Waals surface area contributed by atoms with E-state index >= 15 is 0 Å². The van der Waals surface area contributed by atoms with Crippen LogP contribution in [0, 0.1) is 10.1 Å². The molecule has 1 saturated carbocycles. The molecule has 0 heterocycles. The molecule has 0 spiro atoms. The molecule has 0 bridgehead atoms. The van der Waals surface area contributed by atoms with E-state index in [0.717, 1.165) is 19.0 Å². The van der Waals surface area contributed by atoms with Gasteiger partial charge in [-0.3, -0.25) is 15.1 Å². The summed E-state index contributed by atoms with van der Waals surface area (Å²) in [6, 6.07) is 0. The van der Waals surface area contributed by atoms with Crippen LogP contribution in [0.15, 0.2) is 16.9 Å². The zero-order valence-electron chi connectivity index (χ0n) is 9.01. The smallest absolute Gasteiger partial charge is 0.302 e. The monoisotopic (exact) mass is 212 g/mol. The molecule has 0 amide bonds. The second-order valence-corrected chi connectivity index (χ2v) is 3.94. The standard InChI is InChI=1S/C9H16N4O2/c1-12(2)9(3-4-9)7-11-6-8(5-10)13(14)15/h5-6H,3-4,7,10H2,1-2H3/b8-5+,11-6?. The Morgan fingerprint density at radius 3 is 2.60 bits per heavy atom. The van der Waals surface area contributed by atoms with Crippen LogP contribution < -0.4 is 5.73 Å². The number of nitrogens with zero attached hydrogens (tertiary/aromatic N) is 3. The molecule has 0 aliphatic heterocycles. The average Bonchev–Trinajstić information content (AvgIpc) is 2.93. The van der Waals surface area contributed by atoms with Crippen molar-refractivity contribution in [1.82, 2.24) is 4.90 Å². The molecule has 0 saturated heterocycles. The number of hydrogen-bond donors (Lipinski definition) is 1. The summed E-state index contributed by atoms with van der Waals surface area (Å²) < 4.78 is 0. The van der Waals surface area contributed by atoms with Gasteiger partial charge in [-0.1, -0.05) is 0 Å². The number of nitrogens with two attached hydrogens (primary N) is 1. The van der Waals surface area contributed by atoms with Gasteiger partial charge in [0.2, 0.25) is 0 Å². The number of nitro groups is 1. The van der Waals surface area contributed by atoms with Crippen molar-refractivity contribution in [2.24, 2.45) is 10.7 Å². The number of rotatable bonds is 5. The van der Waals surface area contributed by atoms with E-state index in [1.807, 2.05) is 14.1 Å². The number of hydrogen-bond acceptors (Lipinski definition) is 5. The number of allylic oxidation sites excluding steroid dienone is 1. The first-order valence-corrected chi connectivity index (χ1v) is 4.75. The van der Waals surface area contributed by atoms with Crippen LogP contribution in [0.3, 0.4) is 0 Å². The molecule has 0 atom stereocenters. The fourth-order valence-electron chi connectivity index (χ4n) is 1.35. The van der Waals surface area contributed by atoms with Gasteiger partial charge in [-0.05, 0) is 26.9 Å². The minimum atomic E-state index is -0.543. The van der Waals surface area contributed by atoms with Crippen molar-refractivity contribution in [3.8, 4) is 0 Å². The zero-order valence-corrected chi connectivity index (χ0v) is 9.01. The van der Waals surface area contributed by atoms with Crippen molar-refractivity contribution in [2.45, 2.75) is 18.4 Å². The minimum Gasteiger partial charge on any atom is -0.399 e. The van der Waals surface area contributed by atoms with Crippen LogP contribution in [0.4, 0.5) is 0 Å². The summed E-state index contributed by atoms with van der Waals surface area (Å²) in [5.41, 5.74) is 5.05. The topological polar surface area (TPSA) is 84.8 Å². The second kappa shape index (κ2) is 4.39. The molecule has 6 nitrogen and oxygen atoms in total. The molecular weight excluding hydrogens is 196 g/mol. The predicted molar refractivity (Wildman–Crippen MR) is 58.3 cm³/mol. The molecule has 0 aromatic rings. The van der Waals surface area contributed by atoms with Crippen LogP contribution in [0.2, 0.25) is 0 Å². The molecule has 2 N–H and O–H groups in total. The molecule has 15 heavy (non-hydrogen) atoms. The van der Waals surface area contributed by atoms with Gasteiger partial charge in [0.1, 0.15) is 6.21 Å². The van der Waals surface area contributed by atoms with E-state index in [4.69, 9.17) is 5.73 Å². The van der Waals surface area contributed by atoms with E-state index in [-0.39, 0.29) is 11.2 Å². The van der Waals surface area contributed by atoms with E-state index < -0.39 is 4.92 Å². The number of likely N-dealkylation sites (N-methyl/N-ethyl adjacent to an activating group) is 1. The van der Waals surface area contributed by atoms with Crippen molar-refractivity contribution in [3.05, 3.63) is 22.0 Å². The van der Waals surface area contributed by atoms with Gasteiger partial charge >= 0.3 is 5.70 Å². The normalized spacial score (nSPS) is 19.8. The van der Waals surface area contributed by atoms with Crippen molar-refractivity contribution >= 4 is 6.21 Å². The average molecular weight is 212 g/mol. The van der Waals surface area contributed by atoms with Crippen molar-refractivity contribution < 1.29 is 4.92 Å². The molecule has 1 fully saturated rings. The van der Waals surface area contributed by atoms with Crippen LogP contribution in [-0.4, -0.2) is 42.2 Å². The Kier molecular flexibility index (Phi) is 3.41. The summed E-state index contributed by atoms with van der Waals surface area (Å²) in [5.74, 6) is 0. The Morgan fingerprint density at radius 2 is 2.27 bits per heavy atom. The van der Waals surface area contributed by atoms with Crippen LogP contribution in [0.5, 0.6) is 0 Å². The summed E-state index contributed by atoms with van der Waals surface area (Å²) in [4.78, 5) is 16.0. The van der Waals surface area contributed by atoms with Gasteiger partial charge in [0, 0.05) is 5.54 Å². The summed E-state index contributed by atoms with van der Waals surface area (Å²) in [6.07, 6.45) is 4.37. The fourth-order valence-corrected chi connectivity index (χ4v) is 1.35. The Hall–Kier alpha value is -1.43. The lowest BCUT2D eigenvalue weighted by Crippen LogP contribution is -2.32. The van der Waals surface area contributed by atoms with Gasteiger partial charge in [-0.25, -0.2) is 0 Å². The van der Waals surface area contributed by atoms with Gasteiger partial charge < -0.3 is 10.6 Å². The van der Waals surface area contributed by atoms with E-state index in [0.29, 0.717) is 6.54 Å². The maximum absolute atomic E-state index is 10.4. The molecule has 6 heteroatoms. The van der Waals surface area contributed by atoms with Crippen LogP contribution >= 0.6 is 0 Å². The highest BCUT2D eigenvalue weighted by Gasteiger charge is 2.44. The van der Waals surface area contributed by atoms with Gasteiger partial charge in [0.05, 0.1) is 17.7 Å². The van der Waals surface area contributed by atoms with Gasteiger partial charge in [-0.15, -0.1) is 0 Å². The Labute approximate surface area is 88.6 Å². The van der Waals surface area contributed by atoms with Crippen LogP contribution in [-0.2, 0) is 0 Å². The molecule has 0 aromatic heterocycles. The quantitative estimate of drug-likeness (QED) is 0.401. The lowest BCUT2D eigenvalue weighted by molar-refractivity contribution is -0.414. The highest BCUT2D eigenvalue weighted by atomic mass is 16.6. The molecule has 84 valence electrons. The van der Waals surface area contributed by atoms with E-state index in [2.05, 4.69) is 9.89 Å². The lowest BCUT2D eigenvalue weighted by atomic mass is 10.2. The van der Waals surface area contributed by atoms with Gasteiger partial charge in [-0.2, -0.15) is 0 Å². The van der Waals surface area contributed by atoms with E-state index in [9.17, 15) is 10.1 Å². The summed E-state index contributed by atoms with van der Waals surface area (Å²) in [6.45, 7) is 0.588. The molecule has 1 aliphatic rings. The molecule has 1 rings (SSSR count). The molecule has 0 unspecified atom stereocenters. The zero-order chi connectivity index (χ0) is 11.5. The van der Waals surface area contributed by atoms with E-state index in [1.165, 1.54) is 6.21 Å². The third kappa shape index (κ3) is 2.76. The highest BCUT2D eigenvalue weighted by molar-refractivity contribution is 5.75. The largest absolute Gasteiger partial charge is 0.399 e. The fraction of sp³-hybridized carbons (Fsp3) is 0.667. The lowest BCUT2D eigenvalue weighted by Gasteiger charge is -2.20. The van der Waals surface area contributed by atoms with E-state index in [1.54, 1.807) is 0 Å². The van der Waals surface area contributed by atoms with Gasteiger partial charge in [0.15, 0.2) is 0 Å². The predicted octanol–water partition coefficient (Wildman–Crippen LogP) is 0.228. The van der Waals surface area contributed by atoms with Gasteiger partial charge in [0.25, 0.3) is 0 Å². The van der Waals surface area contributed by atoms with Crippen LogP contribution in [0.25, 0.3) is 0 Å². The molecular formula is C9H16N4O2. The Bertz CT molecular complexity index is 305. The maximum atomic E-state index is 10.4. The first-order valence-electron chi connectivity index (χ1n) is 4.75. The molecule has 0 radical (unpaired) electrons. The molecule has 1 aliphatic carbocycles. The SMILES string of the molecule is CN(C)C1(CN=C/C(=C\N)[N+](=O)[O-])CC1. The first-order chi connectivity index (χ1) is 7.02. The summed E-state index contributed by atoms with van der Waals surface area (Å²) in [7, 11) is 3.99. The Morgan fingerprint density at radius 1 is 1.67 bits per heavy atom. The minimum absolute atomic E-state index is 0.118. The first kappa shape index (κ1) is 11.6. The third-order valence-electron chi connectivity index (χ3n) is 2.77. The Balaban J connectivity index is 2.50.